The molecule has 4 rings (SSSR count). The first-order valence-electron chi connectivity index (χ1n) is 7.62. The van der Waals surface area contributed by atoms with Crippen LogP contribution in [-0.4, -0.2) is 12.0 Å². The monoisotopic (exact) mass is 322 g/mol. The molecule has 1 aliphatic heterocycles. The summed E-state index contributed by atoms with van der Waals surface area (Å²) in [6, 6.07) is 15.6. The molecule has 0 amide bonds. The Hall–Kier alpha value is -2.39. The van der Waals surface area contributed by atoms with E-state index < -0.39 is 0 Å². The van der Waals surface area contributed by atoms with Crippen molar-refractivity contribution in [3.05, 3.63) is 70.4 Å². The number of benzene rings is 2. The molecule has 2 aromatic rings. The van der Waals surface area contributed by atoms with Gasteiger partial charge in [-0.15, -0.1) is 0 Å². The number of allylic oxidation sites excluding steroid dienone is 2. The van der Waals surface area contributed by atoms with E-state index in [1.165, 1.54) is 0 Å². The van der Waals surface area contributed by atoms with Gasteiger partial charge in [-0.05, 0) is 42.2 Å². The van der Waals surface area contributed by atoms with Crippen LogP contribution >= 0.6 is 11.6 Å². The maximum Gasteiger partial charge on any atom is 0.166 e. The van der Waals surface area contributed by atoms with E-state index in [4.69, 9.17) is 11.6 Å². The molecule has 1 N–H and O–H groups in total. The highest BCUT2D eigenvalue weighted by Gasteiger charge is 2.29. The molecular formula is C19H15ClN2O. The lowest BCUT2D eigenvalue weighted by Crippen LogP contribution is -2.22. The molecule has 1 heterocycles. The fourth-order valence-electron chi connectivity index (χ4n) is 3.16. The molecule has 3 nitrogen and oxygen atoms in total. The van der Waals surface area contributed by atoms with E-state index in [-0.39, 0.29) is 11.7 Å². The van der Waals surface area contributed by atoms with Crippen LogP contribution in [0.5, 0.6) is 0 Å². The van der Waals surface area contributed by atoms with Gasteiger partial charge < -0.3 is 5.32 Å². The Morgan fingerprint density at radius 2 is 1.83 bits per heavy atom. The zero-order chi connectivity index (χ0) is 15.8. The van der Waals surface area contributed by atoms with Gasteiger partial charge in [0.1, 0.15) is 0 Å². The highest BCUT2D eigenvalue weighted by atomic mass is 35.5. The van der Waals surface area contributed by atoms with E-state index in [0.29, 0.717) is 17.0 Å². The van der Waals surface area contributed by atoms with Crippen LogP contribution in [0, 0.1) is 0 Å². The summed E-state index contributed by atoms with van der Waals surface area (Å²) in [5.41, 5.74) is 4.60. The minimum atomic E-state index is 0.134. The Morgan fingerprint density at radius 1 is 1.04 bits per heavy atom. The van der Waals surface area contributed by atoms with E-state index >= 15 is 0 Å². The zero-order valence-corrected chi connectivity index (χ0v) is 13.2. The number of ketones is 1. The van der Waals surface area contributed by atoms with Gasteiger partial charge in [0.2, 0.25) is 0 Å². The number of rotatable bonds is 1. The molecule has 23 heavy (non-hydrogen) atoms. The van der Waals surface area contributed by atoms with E-state index in [1.807, 2.05) is 48.5 Å². The molecule has 0 saturated heterocycles. The van der Waals surface area contributed by atoms with Gasteiger partial charge >= 0.3 is 0 Å². The van der Waals surface area contributed by atoms with Crippen molar-refractivity contribution in [3.63, 3.8) is 0 Å². The average molecular weight is 323 g/mol. The number of halogens is 1. The van der Waals surface area contributed by atoms with Crippen LogP contribution in [0.3, 0.4) is 0 Å². The van der Waals surface area contributed by atoms with Gasteiger partial charge in [0.15, 0.2) is 5.78 Å². The molecular weight excluding hydrogens is 308 g/mol. The summed E-state index contributed by atoms with van der Waals surface area (Å²) in [6.45, 7) is 0. The van der Waals surface area contributed by atoms with Gasteiger partial charge in [0.05, 0.1) is 16.9 Å². The first-order chi connectivity index (χ1) is 11.2. The van der Waals surface area contributed by atoms with Gasteiger partial charge in [0, 0.05) is 23.4 Å². The Morgan fingerprint density at radius 3 is 2.65 bits per heavy atom. The molecule has 4 heteroatoms. The largest absolute Gasteiger partial charge is 0.356 e. The van der Waals surface area contributed by atoms with Gasteiger partial charge in [-0.3, -0.25) is 9.79 Å². The van der Waals surface area contributed by atoms with E-state index in [9.17, 15) is 4.79 Å². The summed E-state index contributed by atoms with van der Waals surface area (Å²) < 4.78 is 0. The number of hydrogen-bond acceptors (Lipinski definition) is 3. The molecule has 2 aromatic carbocycles. The summed E-state index contributed by atoms with van der Waals surface area (Å²) >= 11 is 5.96. The van der Waals surface area contributed by atoms with E-state index in [0.717, 1.165) is 29.1 Å². The van der Waals surface area contributed by atoms with Gasteiger partial charge in [0.25, 0.3) is 0 Å². The molecule has 0 aromatic heterocycles. The van der Waals surface area contributed by atoms with Crippen molar-refractivity contribution in [2.45, 2.75) is 18.8 Å². The maximum atomic E-state index is 12.6. The fraction of sp³-hybridized carbons (Fsp3) is 0.158. The second-order valence-corrected chi connectivity index (χ2v) is 6.31. The number of hydrogen-bond donors (Lipinski definition) is 1. The predicted octanol–water partition coefficient (Wildman–Crippen LogP) is 4.87. The lowest BCUT2D eigenvalue weighted by atomic mass is 9.82. The smallest absolute Gasteiger partial charge is 0.166 e. The van der Waals surface area contributed by atoms with Crippen molar-refractivity contribution < 1.29 is 4.79 Å². The molecule has 0 bridgehead atoms. The summed E-state index contributed by atoms with van der Waals surface area (Å²) in [5.74, 6) is 0.305. The van der Waals surface area contributed by atoms with Crippen LogP contribution in [0.25, 0.3) is 0 Å². The average Bonchev–Trinajstić information content (AvgIpc) is 2.74. The minimum Gasteiger partial charge on any atom is -0.356 e. The van der Waals surface area contributed by atoms with E-state index in [2.05, 4.69) is 10.3 Å². The molecule has 1 aliphatic carbocycles. The predicted molar refractivity (Wildman–Crippen MR) is 93.7 cm³/mol. The lowest BCUT2D eigenvalue weighted by molar-refractivity contribution is -0.115. The fourth-order valence-corrected chi connectivity index (χ4v) is 3.28. The number of aliphatic imine (C=N–C) groups is 1. The van der Waals surface area contributed by atoms with Gasteiger partial charge in [-0.2, -0.15) is 0 Å². The molecule has 1 atom stereocenters. The van der Waals surface area contributed by atoms with Crippen molar-refractivity contribution in [3.8, 4) is 0 Å². The zero-order valence-electron chi connectivity index (χ0n) is 12.4. The van der Waals surface area contributed by atoms with Gasteiger partial charge in [-0.1, -0.05) is 35.9 Å². The summed E-state index contributed by atoms with van der Waals surface area (Å²) in [6.07, 6.45) is 3.00. The Labute approximate surface area is 139 Å². The number of Topliss-reactive ketones (excluding diaryl/α,β-unsaturated/α-hetero) is 1. The van der Waals surface area contributed by atoms with E-state index in [1.54, 1.807) is 6.21 Å². The first kappa shape index (κ1) is 14.2. The Bertz CT molecular complexity index is 837. The van der Waals surface area contributed by atoms with Crippen molar-refractivity contribution in [1.29, 1.82) is 0 Å². The molecule has 114 valence electrons. The summed E-state index contributed by atoms with van der Waals surface area (Å²) in [4.78, 5) is 17.0. The van der Waals surface area contributed by atoms with Crippen molar-refractivity contribution >= 4 is 35.0 Å². The quantitative estimate of drug-likeness (QED) is 0.814. The third-order valence-electron chi connectivity index (χ3n) is 4.37. The van der Waals surface area contributed by atoms with Crippen molar-refractivity contribution in [2.24, 2.45) is 4.99 Å². The first-order valence-corrected chi connectivity index (χ1v) is 8.00. The molecule has 0 spiro atoms. The highest BCUT2D eigenvalue weighted by Crippen LogP contribution is 2.38. The number of para-hydroxylation sites is 2. The molecule has 2 aliphatic rings. The third kappa shape index (κ3) is 2.68. The van der Waals surface area contributed by atoms with Crippen LogP contribution in [0.2, 0.25) is 5.02 Å². The van der Waals surface area contributed by atoms with Crippen LogP contribution < -0.4 is 5.32 Å². The number of carbonyl (C=O) groups is 1. The Balaban J connectivity index is 1.69. The normalized spacial score (nSPS) is 19.7. The van der Waals surface area contributed by atoms with Crippen LogP contribution in [0.15, 0.2) is 64.8 Å². The van der Waals surface area contributed by atoms with Crippen LogP contribution in [-0.2, 0) is 4.79 Å². The number of carbonyl (C=O) groups excluding carboxylic acids is 1. The van der Waals surface area contributed by atoms with Gasteiger partial charge in [-0.25, -0.2) is 0 Å². The molecule has 0 unspecified atom stereocenters. The number of nitrogens with zero attached hydrogens (tertiary/aromatic N) is 1. The second kappa shape index (κ2) is 5.67. The summed E-state index contributed by atoms with van der Waals surface area (Å²) in [5, 5.41) is 4.12. The molecule has 0 radical (unpaired) electrons. The number of anilines is 1. The maximum absolute atomic E-state index is 12.6. The Kier molecular flexibility index (Phi) is 3.50. The van der Waals surface area contributed by atoms with Crippen molar-refractivity contribution in [1.82, 2.24) is 0 Å². The summed E-state index contributed by atoms with van der Waals surface area (Å²) in [7, 11) is 0. The third-order valence-corrected chi connectivity index (χ3v) is 4.62. The topological polar surface area (TPSA) is 41.5 Å². The standard InChI is InChI=1S/C19H15ClN2O/c20-14-7-5-12(6-8-14)13-9-18-15(19(23)10-13)11-21-16-3-1-2-4-17(16)22-18/h1-8,11,13,22H,9-10H2/t13-/m1/s1. The molecule has 0 fully saturated rings. The SMILES string of the molecule is O=C1C[C@H](c2ccc(Cl)cc2)CC2=C1C=Nc1ccccc1N2. The van der Waals surface area contributed by atoms with Crippen LogP contribution in [0.4, 0.5) is 11.4 Å². The highest BCUT2D eigenvalue weighted by molar-refractivity contribution is 6.30. The minimum absolute atomic E-state index is 0.134. The number of nitrogens with one attached hydrogen (secondary N) is 1. The van der Waals surface area contributed by atoms with Crippen LogP contribution in [0.1, 0.15) is 24.3 Å². The molecule has 0 saturated carbocycles. The van der Waals surface area contributed by atoms with Crippen molar-refractivity contribution in [2.75, 3.05) is 5.32 Å². The number of fused-ring (bicyclic) bond motifs is 1. The second-order valence-electron chi connectivity index (χ2n) is 5.87. The lowest BCUT2D eigenvalue weighted by Gasteiger charge is -2.25.